The number of fused-ring (bicyclic) bond motifs is 1. The molecular formula is C19H13Cl2N7O13S4. The first-order valence-corrected chi connectivity index (χ1v) is 17.4. The Labute approximate surface area is 261 Å². The number of hydrogen-bond acceptors (Lipinski definition) is 16. The molecule has 3 aromatic carbocycles. The molecule has 0 fully saturated rings. The van der Waals surface area contributed by atoms with Crippen molar-refractivity contribution in [1.29, 1.82) is 0 Å². The maximum atomic E-state index is 12.2. The van der Waals surface area contributed by atoms with Gasteiger partial charge in [-0.2, -0.15) is 48.6 Å². The fraction of sp³-hybridized carbons (Fsp3) is 0. The number of aromatic hydroxyl groups is 1. The number of phenols is 1. The smallest absolute Gasteiger partial charge is 0.296 e. The third-order valence-electron chi connectivity index (χ3n) is 5.44. The SMILES string of the molecule is Nc1c(S(=O)(=O)O)cc2cc(S(=O)(=O)O)cc(O)c2c1/N=N/c1cc(Nc2nc(Cl)nc(Cl)n2)c(S(=O)(=O)O)cc1S(=O)(=O)O. The highest BCUT2D eigenvalue weighted by Gasteiger charge is 2.27. The van der Waals surface area contributed by atoms with Gasteiger partial charge in [0.05, 0.1) is 21.7 Å². The first-order valence-electron chi connectivity index (χ1n) is 10.9. The van der Waals surface area contributed by atoms with Gasteiger partial charge < -0.3 is 16.2 Å². The Hall–Kier alpha value is -3.85. The summed E-state index contributed by atoms with van der Waals surface area (Å²) in [5.41, 5.74) is 2.45. The van der Waals surface area contributed by atoms with Gasteiger partial charge in [0.2, 0.25) is 16.5 Å². The lowest BCUT2D eigenvalue weighted by Gasteiger charge is -2.13. The molecule has 20 nitrogen and oxygen atoms in total. The largest absolute Gasteiger partial charge is 0.507 e. The zero-order chi connectivity index (χ0) is 33.9. The Morgan fingerprint density at radius 2 is 1.24 bits per heavy atom. The van der Waals surface area contributed by atoms with E-state index in [1.54, 1.807) is 0 Å². The Balaban J connectivity index is 2.07. The number of benzene rings is 3. The first-order chi connectivity index (χ1) is 20.5. The number of nitrogen functional groups attached to an aromatic ring is 1. The van der Waals surface area contributed by atoms with Crippen molar-refractivity contribution < 1.29 is 57.0 Å². The molecule has 0 saturated carbocycles. The molecule has 4 aromatic rings. The van der Waals surface area contributed by atoms with Crippen molar-refractivity contribution in [2.75, 3.05) is 11.1 Å². The molecule has 0 spiro atoms. The molecule has 240 valence electrons. The van der Waals surface area contributed by atoms with E-state index in [9.17, 15) is 57.0 Å². The lowest BCUT2D eigenvalue weighted by molar-refractivity contribution is 0.471. The van der Waals surface area contributed by atoms with Crippen LogP contribution in [-0.2, 0) is 40.5 Å². The van der Waals surface area contributed by atoms with E-state index in [0.29, 0.717) is 24.3 Å². The van der Waals surface area contributed by atoms with Gasteiger partial charge in [-0.1, -0.05) is 0 Å². The molecule has 1 aromatic heterocycles. The monoisotopic (exact) mass is 745 g/mol. The van der Waals surface area contributed by atoms with Gasteiger partial charge in [0.25, 0.3) is 40.5 Å². The summed E-state index contributed by atoms with van der Waals surface area (Å²) in [7, 11) is -20.8. The molecule has 0 aliphatic rings. The second-order valence-corrected chi connectivity index (χ2v) is 14.7. The van der Waals surface area contributed by atoms with Gasteiger partial charge in [0.15, 0.2) is 0 Å². The summed E-state index contributed by atoms with van der Waals surface area (Å²) in [6, 6.07) is 2.60. The Kier molecular flexibility index (Phi) is 8.70. The maximum absolute atomic E-state index is 12.2. The summed E-state index contributed by atoms with van der Waals surface area (Å²) in [6.07, 6.45) is 0. The van der Waals surface area contributed by atoms with Crippen LogP contribution in [0.2, 0.25) is 10.6 Å². The van der Waals surface area contributed by atoms with Crippen molar-refractivity contribution in [1.82, 2.24) is 15.0 Å². The lowest BCUT2D eigenvalue weighted by atomic mass is 10.1. The van der Waals surface area contributed by atoms with Crippen LogP contribution in [-0.4, -0.2) is 71.9 Å². The van der Waals surface area contributed by atoms with E-state index in [4.69, 9.17) is 28.9 Å². The molecule has 0 saturated heterocycles. The van der Waals surface area contributed by atoms with E-state index in [1.807, 2.05) is 0 Å². The van der Waals surface area contributed by atoms with Gasteiger partial charge in [-0.05, 0) is 52.9 Å². The highest BCUT2D eigenvalue weighted by molar-refractivity contribution is 7.87. The predicted molar refractivity (Wildman–Crippen MR) is 153 cm³/mol. The Bertz CT molecular complexity index is 2390. The van der Waals surface area contributed by atoms with E-state index in [0.717, 1.165) is 0 Å². The van der Waals surface area contributed by atoms with Crippen molar-refractivity contribution in [3.8, 4) is 5.75 Å². The van der Waals surface area contributed by atoms with Crippen molar-refractivity contribution in [2.24, 2.45) is 10.2 Å². The highest BCUT2D eigenvalue weighted by Crippen LogP contribution is 2.44. The van der Waals surface area contributed by atoms with Gasteiger partial charge in [-0.25, -0.2) is 0 Å². The molecular weight excluding hydrogens is 733 g/mol. The fourth-order valence-corrected chi connectivity index (χ4v) is 6.59. The number of phenolic OH excluding ortho intramolecular Hbond substituents is 1. The number of aromatic nitrogens is 3. The van der Waals surface area contributed by atoms with Crippen LogP contribution < -0.4 is 11.1 Å². The average Bonchev–Trinajstić information content (AvgIpc) is 2.84. The molecule has 0 aliphatic heterocycles. The van der Waals surface area contributed by atoms with Crippen molar-refractivity contribution in [3.05, 3.63) is 40.9 Å². The Morgan fingerprint density at radius 3 is 1.76 bits per heavy atom. The summed E-state index contributed by atoms with van der Waals surface area (Å²) in [5.74, 6) is -1.52. The van der Waals surface area contributed by atoms with Gasteiger partial charge in [-0.3, -0.25) is 18.2 Å². The number of nitrogens with zero attached hydrogens (tertiary/aromatic N) is 5. The molecule has 26 heteroatoms. The van der Waals surface area contributed by atoms with Crippen LogP contribution in [0.3, 0.4) is 0 Å². The van der Waals surface area contributed by atoms with Crippen LogP contribution in [0.5, 0.6) is 5.75 Å². The van der Waals surface area contributed by atoms with Crippen LogP contribution in [0.4, 0.5) is 28.7 Å². The summed E-state index contributed by atoms with van der Waals surface area (Å²) >= 11 is 11.4. The van der Waals surface area contributed by atoms with E-state index < -0.39 is 116 Å². The zero-order valence-corrected chi connectivity index (χ0v) is 25.9. The molecule has 4 rings (SSSR count). The number of hydrogen-bond donors (Lipinski definition) is 7. The Morgan fingerprint density at radius 1 is 0.689 bits per heavy atom. The zero-order valence-electron chi connectivity index (χ0n) is 21.1. The summed E-state index contributed by atoms with van der Waals surface area (Å²) < 4.78 is 134. The molecule has 0 bridgehead atoms. The van der Waals surface area contributed by atoms with Crippen molar-refractivity contribution in [3.63, 3.8) is 0 Å². The number of azo groups is 1. The molecule has 0 amide bonds. The second kappa shape index (κ2) is 11.5. The van der Waals surface area contributed by atoms with Gasteiger partial charge in [0.1, 0.15) is 31.8 Å². The minimum atomic E-state index is -5.39. The van der Waals surface area contributed by atoms with Crippen LogP contribution >= 0.6 is 23.2 Å². The second-order valence-electron chi connectivity index (χ2n) is 8.42. The lowest BCUT2D eigenvalue weighted by Crippen LogP contribution is -2.08. The fourth-order valence-electron chi connectivity index (χ4n) is 3.68. The molecule has 0 atom stereocenters. The quantitative estimate of drug-likeness (QED) is 0.0774. The molecule has 45 heavy (non-hydrogen) atoms. The van der Waals surface area contributed by atoms with Crippen LogP contribution in [0.15, 0.2) is 60.1 Å². The van der Waals surface area contributed by atoms with Gasteiger partial charge in [0, 0.05) is 6.07 Å². The van der Waals surface area contributed by atoms with Crippen LogP contribution in [0.1, 0.15) is 0 Å². The van der Waals surface area contributed by atoms with Crippen LogP contribution in [0, 0.1) is 0 Å². The van der Waals surface area contributed by atoms with Gasteiger partial charge >= 0.3 is 0 Å². The van der Waals surface area contributed by atoms with Gasteiger partial charge in [-0.15, -0.1) is 10.2 Å². The minimum Gasteiger partial charge on any atom is -0.507 e. The number of halogens is 2. The number of nitrogens with two attached hydrogens (primary N) is 1. The maximum Gasteiger partial charge on any atom is 0.296 e. The summed E-state index contributed by atoms with van der Waals surface area (Å²) in [5, 5.41) is 18.0. The van der Waals surface area contributed by atoms with Crippen molar-refractivity contribution in [2.45, 2.75) is 19.6 Å². The van der Waals surface area contributed by atoms with Crippen LogP contribution in [0.25, 0.3) is 10.8 Å². The van der Waals surface area contributed by atoms with E-state index in [1.165, 1.54) is 0 Å². The third kappa shape index (κ3) is 7.35. The molecule has 1 heterocycles. The van der Waals surface area contributed by atoms with Crippen molar-refractivity contribution >= 4 is 103 Å². The van der Waals surface area contributed by atoms with E-state index >= 15 is 0 Å². The molecule has 0 unspecified atom stereocenters. The predicted octanol–water partition coefficient (Wildman–Crippen LogP) is 2.77. The van der Waals surface area contributed by atoms with E-state index in [-0.39, 0.29) is 6.07 Å². The molecule has 8 N–H and O–H groups in total. The topological polar surface area (TPSA) is 339 Å². The average molecular weight is 747 g/mol. The third-order valence-corrected chi connectivity index (χ3v) is 9.28. The number of anilines is 3. The molecule has 0 radical (unpaired) electrons. The molecule has 0 aliphatic carbocycles. The standard InChI is InChI=1S/C19H13Cl2N7O13S4/c20-17-24-18(21)26-19(25-17)23-8-4-9(12(44(36,37)38)5-11(8)43(33,34)35)27-28-16-14-6(2-13(15(16)22)45(39,40)41)1-7(3-10(14)29)42(30,31)32/h1-5,29H,22H2,(H,30,31,32)(H,33,34,35)(H,36,37,38)(H,39,40,41)(H,23,24,25,26)/b28-27+. The number of nitrogens with one attached hydrogen (secondary N) is 1. The summed E-state index contributed by atoms with van der Waals surface area (Å²) in [4.78, 5) is 6.21. The van der Waals surface area contributed by atoms with E-state index in [2.05, 4.69) is 30.5 Å². The highest BCUT2D eigenvalue weighted by atomic mass is 35.5. The minimum absolute atomic E-state index is 0.234. The number of rotatable bonds is 8. The normalized spacial score (nSPS) is 13.0. The summed E-state index contributed by atoms with van der Waals surface area (Å²) in [6.45, 7) is 0. The first kappa shape index (κ1) is 34.0.